The number of hydrogen-bond donors (Lipinski definition) is 1. The first-order chi connectivity index (χ1) is 9.26. The van der Waals surface area contributed by atoms with E-state index in [0.717, 1.165) is 22.5 Å². The summed E-state index contributed by atoms with van der Waals surface area (Å²) in [5, 5.41) is 5.56. The molecule has 1 saturated heterocycles. The Morgan fingerprint density at radius 1 is 1.05 bits per heavy atom. The highest BCUT2D eigenvalue weighted by molar-refractivity contribution is 8.07. The first-order valence-corrected chi connectivity index (χ1v) is 10.3. The molecule has 0 aliphatic carbocycles. The van der Waals surface area contributed by atoms with E-state index < -0.39 is 0 Å². The van der Waals surface area contributed by atoms with Crippen LogP contribution in [0.25, 0.3) is 0 Å². The second kappa shape index (κ2) is 10.4. The van der Waals surface area contributed by atoms with Crippen LogP contribution in [0.3, 0.4) is 0 Å². The van der Waals surface area contributed by atoms with Crippen molar-refractivity contribution < 1.29 is 0 Å². The quantitative estimate of drug-likeness (QED) is 0.656. The summed E-state index contributed by atoms with van der Waals surface area (Å²) in [6, 6.07) is 0.729. The summed E-state index contributed by atoms with van der Waals surface area (Å²) in [4.78, 5) is 0. The average Bonchev–Trinajstić information content (AvgIpc) is 2.47. The fourth-order valence-corrected chi connectivity index (χ4v) is 6.23. The predicted octanol–water partition coefficient (Wildman–Crippen LogP) is 4.81. The topological polar surface area (TPSA) is 12.0 Å². The maximum Gasteiger partial charge on any atom is 0.0320 e. The van der Waals surface area contributed by atoms with Crippen LogP contribution in [0, 0.1) is 5.92 Å². The third-order valence-corrected chi connectivity index (χ3v) is 7.70. The maximum absolute atomic E-state index is 3.87. The first kappa shape index (κ1) is 17.7. The Morgan fingerprint density at radius 2 is 1.74 bits per heavy atom. The van der Waals surface area contributed by atoms with Gasteiger partial charge in [0, 0.05) is 28.0 Å². The maximum atomic E-state index is 3.87. The molecule has 0 aromatic carbocycles. The predicted molar refractivity (Wildman–Crippen MR) is 93.6 cm³/mol. The molecular weight excluding hydrogens is 270 g/mol. The first-order valence-electron chi connectivity index (χ1n) is 8.23. The van der Waals surface area contributed by atoms with Crippen molar-refractivity contribution in [2.45, 2.75) is 76.3 Å². The number of rotatable bonds is 9. The molecule has 0 spiro atoms. The standard InChI is InChI=1S/C16H33NS2/c1-5-9-17-14(12-13(6-2)7-3)16-15(8-4)18-10-11-19-16/h13-17H,5-12H2,1-4H3. The summed E-state index contributed by atoms with van der Waals surface area (Å²) in [6.07, 6.45) is 6.63. The molecule has 0 aromatic rings. The highest BCUT2D eigenvalue weighted by Gasteiger charge is 2.32. The summed E-state index contributed by atoms with van der Waals surface area (Å²) in [5.41, 5.74) is 0. The van der Waals surface area contributed by atoms with Crippen molar-refractivity contribution in [2.75, 3.05) is 18.1 Å². The molecule has 1 fully saturated rings. The van der Waals surface area contributed by atoms with Crippen molar-refractivity contribution >= 4 is 23.5 Å². The molecule has 114 valence electrons. The molecule has 0 radical (unpaired) electrons. The molecule has 3 unspecified atom stereocenters. The van der Waals surface area contributed by atoms with E-state index in [0.29, 0.717) is 0 Å². The van der Waals surface area contributed by atoms with Crippen molar-refractivity contribution in [3.05, 3.63) is 0 Å². The normalized spacial score (nSPS) is 25.7. The second-order valence-corrected chi connectivity index (χ2v) is 8.26. The minimum Gasteiger partial charge on any atom is -0.313 e. The average molecular weight is 304 g/mol. The fraction of sp³-hybridized carbons (Fsp3) is 1.00. The molecule has 0 amide bonds. The van der Waals surface area contributed by atoms with Gasteiger partial charge < -0.3 is 5.32 Å². The van der Waals surface area contributed by atoms with Gasteiger partial charge in [0.25, 0.3) is 0 Å². The van der Waals surface area contributed by atoms with Gasteiger partial charge in [-0.2, -0.15) is 23.5 Å². The lowest BCUT2D eigenvalue weighted by Crippen LogP contribution is -2.46. The summed E-state index contributed by atoms with van der Waals surface area (Å²) in [6.45, 7) is 10.5. The summed E-state index contributed by atoms with van der Waals surface area (Å²) in [5.74, 6) is 3.60. The molecule has 0 saturated carbocycles. The summed E-state index contributed by atoms with van der Waals surface area (Å²) in [7, 11) is 0. The second-order valence-electron chi connectivity index (χ2n) is 5.63. The number of hydrogen-bond acceptors (Lipinski definition) is 3. The van der Waals surface area contributed by atoms with Gasteiger partial charge in [-0.25, -0.2) is 0 Å². The van der Waals surface area contributed by atoms with Crippen LogP contribution < -0.4 is 5.32 Å². The zero-order chi connectivity index (χ0) is 14.1. The van der Waals surface area contributed by atoms with Crippen molar-refractivity contribution in [3.8, 4) is 0 Å². The molecule has 1 nitrogen and oxygen atoms in total. The van der Waals surface area contributed by atoms with Crippen LogP contribution in [0.1, 0.15) is 59.8 Å². The molecule has 19 heavy (non-hydrogen) atoms. The van der Waals surface area contributed by atoms with E-state index >= 15 is 0 Å². The van der Waals surface area contributed by atoms with Crippen molar-refractivity contribution in [3.63, 3.8) is 0 Å². The van der Waals surface area contributed by atoms with Gasteiger partial charge in [-0.05, 0) is 31.7 Å². The molecule has 1 aliphatic rings. The largest absolute Gasteiger partial charge is 0.313 e. The lowest BCUT2D eigenvalue weighted by Gasteiger charge is -2.38. The Bertz CT molecular complexity index is 219. The van der Waals surface area contributed by atoms with Crippen LogP contribution in [0.5, 0.6) is 0 Å². The van der Waals surface area contributed by atoms with Gasteiger partial charge in [0.2, 0.25) is 0 Å². The Morgan fingerprint density at radius 3 is 2.32 bits per heavy atom. The minimum absolute atomic E-state index is 0.729. The van der Waals surface area contributed by atoms with Gasteiger partial charge >= 0.3 is 0 Å². The third-order valence-electron chi connectivity index (χ3n) is 4.29. The van der Waals surface area contributed by atoms with Crippen LogP contribution >= 0.6 is 23.5 Å². The molecule has 0 bridgehead atoms. The van der Waals surface area contributed by atoms with Crippen molar-refractivity contribution in [1.29, 1.82) is 0 Å². The highest BCUT2D eigenvalue weighted by Crippen LogP contribution is 2.37. The van der Waals surface area contributed by atoms with E-state index in [-0.39, 0.29) is 0 Å². The van der Waals surface area contributed by atoms with E-state index in [1.165, 1.54) is 50.2 Å². The van der Waals surface area contributed by atoms with E-state index in [2.05, 4.69) is 56.5 Å². The number of nitrogens with one attached hydrogen (secondary N) is 1. The van der Waals surface area contributed by atoms with E-state index in [4.69, 9.17) is 0 Å². The zero-order valence-electron chi connectivity index (χ0n) is 13.3. The molecule has 0 aromatic heterocycles. The van der Waals surface area contributed by atoms with Gasteiger partial charge in [-0.3, -0.25) is 0 Å². The van der Waals surface area contributed by atoms with Crippen LogP contribution in [0.4, 0.5) is 0 Å². The molecule has 1 heterocycles. The molecule has 3 heteroatoms. The minimum atomic E-state index is 0.729. The van der Waals surface area contributed by atoms with Gasteiger partial charge in [0.1, 0.15) is 0 Å². The lowest BCUT2D eigenvalue weighted by molar-refractivity contribution is 0.354. The van der Waals surface area contributed by atoms with E-state index in [1.54, 1.807) is 0 Å². The van der Waals surface area contributed by atoms with Gasteiger partial charge in [0.05, 0.1) is 0 Å². The molecule has 3 atom stereocenters. The monoisotopic (exact) mass is 303 g/mol. The Hall–Kier alpha value is 0.660. The Kier molecular flexibility index (Phi) is 9.69. The Balaban J connectivity index is 2.64. The Labute approximate surface area is 129 Å². The molecular formula is C16H33NS2. The molecule has 1 aliphatic heterocycles. The summed E-state index contributed by atoms with van der Waals surface area (Å²) < 4.78 is 0. The molecule has 1 N–H and O–H groups in total. The van der Waals surface area contributed by atoms with Gasteiger partial charge in [0.15, 0.2) is 0 Å². The highest BCUT2D eigenvalue weighted by atomic mass is 32.2. The van der Waals surface area contributed by atoms with Crippen molar-refractivity contribution in [2.24, 2.45) is 5.92 Å². The lowest BCUT2D eigenvalue weighted by atomic mass is 9.91. The van der Waals surface area contributed by atoms with Crippen LogP contribution in [-0.2, 0) is 0 Å². The molecule has 1 rings (SSSR count). The smallest absolute Gasteiger partial charge is 0.0320 e. The zero-order valence-corrected chi connectivity index (χ0v) is 14.9. The SMILES string of the molecule is CCCNC(CC(CC)CC)C1SCCSC1CC. The summed E-state index contributed by atoms with van der Waals surface area (Å²) >= 11 is 4.45. The van der Waals surface area contributed by atoms with E-state index in [9.17, 15) is 0 Å². The fourth-order valence-electron chi connectivity index (χ4n) is 2.96. The van der Waals surface area contributed by atoms with Crippen LogP contribution in [0.2, 0.25) is 0 Å². The third kappa shape index (κ3) is 5.89. The van der Waals surface area contributed by atoms with Crippen LogP contribution in [-0.4, -0.2) is 34.6 Å². The van der Waals surface area contributed by atoms with Crippen LogP contribution in [0.15, 0.2) is 0 Å². The van der Waals surface area contributed by atoms with Crippen molar-refractivity contribution in [1.82, 2.24) is 5.32 Å². The van der Waals surface area contributed by atoms with Gasteiger partial charge in [-0.1, -0.05) is 40.5 Å². The number of thioether (sulfide) groups is 2. The van der Waals surface area contributed by atoms with Gasteiger partial charge in [-0.15, -0.1) is 0 Å². The van der Waals surface area contributed by atoms with E-state index in [1.807, 2.05) is 0 Å².